The molecule has 4 rings (SSSR count). The van der Waals surface area contributed by atoms with E-state index in [1.807, 2.05) is 39.0 Å². The number of aromatic nitrogens is 4. The van der Waals surface area contributed by atoms with E-state index >= 15 is 0 Å². The minimum absolute atomic E-state index is 0.118. The molecule has 3 aromatic heterocycles. The fraction of sp³-hybridized carbons (Fsp3) is 0.379. The lowest BCUT2D eigenvalue weighted by Crippen LogP contribution is -2.37. The van der Waals surface area contributed by atoms with E-state index in [9.17, 15) is 9.59 Å². The maximum absolute atomic E-state index is 13.4. The molecule has 0 aliphatic carbocycles. The summed E-state index contributed by atoms with van der Waals surface area (Å²) in [6.07, 6.45) is 2.81. The number of hydrogen-bond donors (Lipinski definition) is 1. The molecule has 0 spiro atoms. The second-order valence-electron chi connectivity index (χ2n) is 9.55. The number of nitrogens with zero attached hydrogens (tertiary/aromatic N) is 4. The van der Waals surface area contributed by atoms with Crippen molar-refractivity contribution >= 4 is 23.1 Å². The molecule has 10 heteroatoms. The average Bonchev–Trinajstić information content (AvgIpc) is 3.26. The Morgan fingerprint density at radius 2 is 1.85 bits per heavy atom. The number of aromatic amines is 1. The summed E-state index contributed by atoms with van der Waals surface area (Å²) in [6.45, 7) is 11.4. The molecule has 0 bridgehead atoms. The van der Waals surface area contributed by atoms with E-state index in [1.54, 1.807) is 76.2 Å². The second kappa shape index (κ2) is 12.5. The van der Waals surface area contributed by atoms with E-state index in [2.05, 4.69) is 9.97 Å². The zero-order valence-electron chi connectivity index (χ0n) is 23.8. The molecule has 1 atom stereocenters. The molecule has 0 saturated carbocycles. The van der Waals surface area contributed by atoms with Crippen molar-refractivity contribution in [3.63, 3.8) is 0 Å². The summed E-state index contributed by atoms with van der Waals surface area (Å²) in [6, 6.07) is 12.1. The van der Waals surface area contributed by atoms with Gasteiger partial charge in [-0.05, 0) is 63.6 Å². The summed E-state index contributed by atoms with van der Waals surface area (Å²) in [5, 5.41) is 0. The normalized spacial score (nSPS) is 11.8. The first kappa shape index (κ1) is 29.2. The number of benzene rings is 1. The topological polar surface area (TPSA) is 112 Å². The van der Waals surface area contributed by atoms with Gasteiger partial charge in [-0.15, -0.1) is 0 Å². The van der Waals surface area contributed by atoms with Crippen LogP contribution in [0.2, 0.25) is 0 Å². The van der Waals surface area contributed by atoms with E-state index in [0.717, 1.165) is 11.1 Å². The molecule has 1 N–H and O–H groups in total. The number of ether oxygens (including phenoxy) is 3. The van der Waals surface area contributed by atoms with Gasteiger partial charge < -0.3 is 19.2 Å². The molecule has 10 nitrogen and oxygen atoms in total. The largest absolute Gasteiger partial charge is 0.497 e. The third-order valence-corrected chi connectivity index (χ3v) is 5.82. The Balaban J connectivity index is 0.00000205. The standard InChI is InChI=1S/C27H31N5O5.C2H6/c1-17(18-8-7-13-28-15-18)32-24-21(29-25(32)33)11-12-23(30-24)31(26(34)37-27(2,3)4)16-19-9-10-20(35-5)14-22(19)36-6;1-2/h7-15,17H,16H2,1-6H3,(H,29,33);1-2H3/t17-;/m1./s1. The molecule has 0 aliphatic heterocycles. The van der Waals surface area contributed by atoms with Crippen molar-refractivity contribution in [1.29, 1.82) is 0 Å². The molecule has 208 valence electrons. The van der Waals surface area contributed by atoms with Gasteiger partial charge in [0.05, 0.1) is 32.3 Å². The Hall–Kier alpha value is -4.34. The molecule has 0 fully saturated rings. The van der Waals surface area contributed by atoms with Crippen molar-refractivity contribution < 1.29 is 19.0 Å². The first-order chi connectivity index (χ1) is 18.6. The maximum Gasteiger partial charge on any atom is 0.416 e. The fourth-order valence-electron chi connectivity index (χ4n) is 3.98. The van der Waals surface area contributed by atoms with Crippen LogP contribution >= 0.6 is 0 Å². The van der Waals surface area contributed by atoms with E-state index in [0.29, 0.717) is 28.5 Å². The van der Waals surface area contributed by atoms with E-state index in [-0.39, 0.29) is 18.3 Å². The summed E-state index contributed by atoms with van der Waals surface area (Å²) < 4.78 is 18.1. The van der Waals surface area contributed by atoms with Crippen LogP contribution in [-0.4, -0.2) is 45.4 Å². The van der Waals surface area contributed by atoms with Crippen LogP contribution in [0.1, 0.15) is 58.7 Å². The zero-order valence-corrected chi connectivity index (χ0v) is 23.8. The van der Waals surface area contributed by atoms with Crippen molar-refractivity contribution in [3.8, 4) is 11.5 Å². The van der Waals surface area contributed by atoms with Gasteiger partial charge in [0, 0.05) is 24.0 Å². The van der Waals surface area contributed by atoms with Gasteiger partial charge in [-0.2, -0.15) is 0 Å². The lowest BCUT2D eigenvalue weighted by atomic mass is 10.1. The van der Waals surface area contributed by atoms with Gasteiger partial charge in [-0.1, -0.05) is 19.9 Å². The van der Waals surface area contributed by atoms with Crippen LogP contribution < -0.4 is 20.1 Å². The smallest absolute Gasteiger partial charge is 0.416 e. The van der Waals surface area contributed by atoms with E-state index in [4.69, 9.17) is 19.2 Å². The Morgan fingerprint density at radius 3 is 2.46 bits per heavy atom. The molecule has 39 heavy (non-hydrogen) atoms. The SMILES string of the molecule is CC.COc1ccc(CN(C(=O)OC(C)(C)C)c2ccc3[nH]c(=O)n([C@H](C)c4cccnc4)c3n2)c(OC)c1. The third-order valence-electron chi connectivity index (χ3n) is 5.82. The molecule has 3 heterocycles. The van der Waals surface area contributed by atoms with Gasteiger partial charge in [-0.3, -0.25) is 14.5 Å². The molecular weight excluding hydrogens is 498 g/mol. The highest BCUT2D eigenvalue weighted by molar-refractivity contribution is 5.88. The number of pyridine rings is 2. The number of amides is 1. The number of carbonyl (C=O) groups excluding carboxylic acids is 1. The van der Waals surface area contributed by atoms with E-state index < -0.39 is 11.7 Å². The second-order valence-corrected chi connectivity index (χ2v) is 9.55. The van der Waals surface area contributed by atoms with Crippen molar-refractivity contribution in [2.45, 2.75) is 59.7 Å². The third kappa shape index (κ3) is 6.76. The number of nitrogens with one attached hydrogen (secondary N) is 1. The predicted octanol–water partition coefficient (Wildman–Crippen LogP) is 5.71. The lowest BCUT2D eigenvalue weighted by Gasteiger charge is -2.27. The molecular formula is C29H37N5O5. The predicted molar refractivity (Wildman–Crippen MR) is 152 cm³/mol. The summed E-state index contributed by atoms with van der Waals surface area (Å²) >= 11 is 0. The van der Waals surface area contributed by atoms with Gasteiger partial charge >= 0.3 is 11.8 Å². The van der Waals surface area contributed by atoms with Gasteiger partial charge in [0.2, 0.25) is 0 Å². The average molecular weight is 536 g/mol. The van der Waals surface area contributed by atoms with Gasteiger partial charge in [-0.25, -0.2) is 14.6 Å². The molecule has 4 aromatic rings. The quantitative estimate of drug-likeness (QED) is 0.322. The Morgan fingerprint density at radius 1 is 1.10 bits per heavy atom. The van der Waals surface area contributed by atoms with Gasteiger partial charge in [0.1, 0.15) is 22.9 Å². The van der Waals surface area contributed by atoms with Crippen molar-refractivity contribution in [2.24, 2.45) is 0 Å². The zero-order chi connectivity index (χ0) is 28.7. The molecule has 0 saturated heterocycles. The number of fused-ring (bicyclic) bond motifs is 1. The number of anilines is 1. The summed E-state index contributed by atoms with van der Waals surface area (Å²) in [4.78, 5) is 39.5. The first-order valence-corrected chi connectivity index (χ1v) is 12.8. The minimum Gasteiger partial charge on any atom is -0.497 e. The number of carbonyl (C=O) groups is 1. The van der Waals surface area contributed by atoms with Gasteiger partial charge in [0.15, 0.2) is 5.65 Å². The molecule has 1 amide bonds. The molecule has 1 aromatic carbocycles. The number of imidazole rings is 1. The molecule has 0 unspecified atom stereocenters. The van der Waals surface area contributed by atoms with Crippen molar-refractivity contribution in [2.75, 3.05) is 19.1 Å². The summed E-state index contributed by atoms with van der Waals surface area (Å²) in [5.41, 5.74) is 1.51. The highest BCUT2D eigenvalue weighted by atomic mass is 16.6. The molecule has 0 aliphatic rings. The highest BCUT2D eigenvalue weighted by Crippen LogP contribution is 2.29. The van der Waals surface area contributed by atoms with Crippen LogP contribution in [0.4, 0.5) is 10.6 Å². The Labute approximate surface area is 228 Å². The Kier molecular flexibility index (Phi) is 9.34. The van der Waals surface area contributed by atoms with Crippen LogP contribution in [0.3, 0.4) is 0 Å². The van der Waals surface area contributed by atoms with Crippen LogP contribution in [-0.2, 0) is 11.3 Å². The lowest BCUT2D eigenvalue weighted by molar-refractivity contribution is 0.0576. The monoisotopic (exact) mass is 535 g/mol. The fourth-order valence-corrected chi connectivity index (χ4v) is 3.98. The number of H-pyrrole nitrogens is 1. The van der Waals surface area contributed by atoms with Crippen molar-refractivity contribution in [1.82, 2.24) is 19.5 Å². The summed E-state index contributed by atoms with van der Waals surface area (Å²) in [5.74, 6) is 1.51. The molecule has 0 radical (unpaired) electrons. The van der Waals surface area contributed by atoms with Crippen LogP contribution in [0.15, 0.2) is 59.7 Å². The minimum atomic E-state index is -0.728. The number of methoxy groups -OCH3 is 2. The highest BCUT2D eigenvalue weighted by Gasteiger charge is 2.27. The maximum atomic E-state index is 13.4. The number of hydrogen-bond acceptors (Lipinski definition) is 7. The van der Waals surface area contributed by atoms with Gasteiger partial charge in [0.25, 0.3) is 0 Å². The number of rotatable bonds is 7. The van der Waals surface area contributed by atoms with Crippen LogP contribution in [0.25, 0.3) is 11.2 Å². The van der Waals surface area contributed by atoms with Crippen LogP contribution in [0, 0.1) is 0 Å². The Bertz CT molecular complexity index is 1460. The van der Waals surface area contributed by atoms with E-state index in [1.165, 1.54) is 4.90 Å². The first-order valence-electron chi connectivity index (χ1n) is 12.8. The van der Waals surface area contributed by atoms with Crippen LogP contribution in [0.5, 0.6) is 11.5 Å². The van der Waals surface area contributed by atoms with Crippen molar-refractivity contribution in [3.05, 3.63) is 76.5 Å². The summed E-state index contributed by atoms with van der Waals surface area (Å²) in [7, 11) is 3.13.